The Morgan fingerprint density at radius 3 is 1.93 bits per heavy atom. The largest absolute Gasteiger partial charge is 0.378 e. The van der Waals surface area contributed by atoms with Gasteiger partial charge in [0.15, 0.2) is 11.6 Å². The maximum Gasteiger partial charge on any atom is 0.254 e. The van der Waals surface area contributed by atoms with Gasteiger partial charge in [-0.05, 0) is 37.4 Å². The summed E-state index contributed by atoms with van der Waals surface area (Å²) in [6.07, 6.45) is 0. The number of carbonyl (C=O) groups excluding carboxylic acids is 1. The topological polar surface area (TPSA) is 59.1 Å². The van der Waals surface area contributed by atoms with Crippen LogP contribution in [0.25, 0.3) is 0 Å². The lowest BCUT2D eigenvalue weighted by Gasteiger charge is -2.36. The van der Waals surface area contributed by atoms with Gasteiger partial charge in [-0.2, -0.15) is 0 Å². The van der Waals surface area contributed by atoms with Crippen molar-refractivity contribution in [2.24, 2.45) is 0 Å². The van der Waals surface area contributed by atoms with Gasteiger partial charge in [-0.15, -0.1) is 10.2 Å². The van der Waals surface area contributed by atoms with Crippen molar-refractivity contribution < 1.29 is 4.79 Å². The van der Waals surface area contributed by atoms with Crippen LogP contribution in [-0.4, -0.2) is 99.4 Å². The first-order valence-electron chi connectivity index (χ1n) is 10.6. The number of nitrogens with zero attached hydrogens (tertiary/aromatic N) is 7. The highest BCUT2D eigenvalue weighted by Gasteiger charge is 2.24. The van der Waals surface area contributed by atoms with Crippen molar-refractivity contribution >= 4 is 23.2 Å². The van der Waals surface area contributed by atoms with Crippen molar-refractivity contribution in [3.8, 4) is 0 Å². The van der Waals surface area contributed by atoms with Crippen molar-refractivity contribution in [3.05, 3.63) is 42.0 Å². The van der Waals surface area contributed by atoms with Gasteiger partial charge in [-0.1, -0.05) is 6.07 Å². The number of piperazine rings is 2. The highest BCUT2D eigenvalue weighted by molar-refractivity contribution is 5.95. The second-order valence-electron chi connectivity index (χ2n) is 8.26. The molecule has 0 unspecified atom stereocenters. The molecule has 0 N–H and O–H groups in total. The summed E-state index contributed by atoms with van der Waals surface area (Å²) in [6.45, 7) is 6.98. The number of amides is 1. The second-order valence-corrected chi connectivity index (χ2v) is 8.26. The zero-order chi connectivity index (χ0) is 21.1. The standard InChI is InChI=1S/C22H31N7O/c1-25(2)19-6-4-5-18(17-19)22(30)29-15-13-28(14-16-29)21-8-7-20(23-24-21)27-11-9-26(3)10-12-27/h4-8,17H,9-16H2,1-3H3. The molecule has 1 aromatic carbocycles. The fraction of sp³-hybridized carbons (Fsp3) is 0.500. The van der Waals surface area contributed by atoms with E-state index in [0.29, 0.717) is 13.1 Å². The van der Waals surface area contributed by atoms with E-state index in [1.807, 2.05) is 48.2 Å². The average Bonchev–Trinajstić information content (AvgIpc) is 2.79. The SMILES string of the molecule is CN1CCN(c2ccc(N3CCN(C(=O)c4cccc(N(C)C)c4)CC3)nn2)CC1. The van der Waals surface area contributed by atoms with Crippen molar-refractivity contribution in [3.63, 3.8) is 0 Å². The molecule has 0 atom stereocenters. The maximum absolute atomic E-state index is 12.9. The molecule has 0 aliphatic carbocycles. The highest BCUT2D eigenvalue weighted by atomic mass is 16.2. The third-order valence-corrected chi connectivity index (χ3v) is 5.96. The minimum absolute atomic E-state index is 0.0925. The van der Waals surface area contributed by atoms with Gasteiger partial charge in [-0.25, -0.2) is 0 Å². The third kappa shape index (κ3) is 4.48. The Hall–Kier alpha value is -2.87. The van der Waals surface area contributed by atoms with Crippen LogP contribution >= 0.6 is 0 Å². The van der Waals surface area contributed by atoms with Crippen LogP contribution < -0.4 is 14.7 Å². The van der Waals surface area contributed by atoms with Crippen molar-refractivity contribution in [1.29, 1.82) is 0 Å². The molecular formula is C22H31N7O. The number of likely N-dealkylation sites (N-methyl/N-ethyl adjacent to an activating group) is 1. The molecule has 0 bridgehead atoms. The van der Waals surface area contributed by atoms with E-state index in [-0.39, 0.29) is 5.91 Å². The third-order valence-electron chi connectivity index (χ3n) is 5.96. The number of rotatable bonds is 4. The highest BCUT2D eigenvalue weighted by Crippen LogP contribution is 2.19. The van der Waals surface area contributed by atoms with Crippen LogP contribution in [0.3, 0.4) is 0 Å². The predicted octanol–water partition coefficient (Wildman–Crippen LogP) is 1.26. The molecular weight excluding hydrogens is 378 g/mol. The van der Waals surface area contributed by atoms with Crippen LogP contribution in [0.5, 0.6) is 0 Å². The maximum atomic E-state index is 12.9. The van der Waals surface area contributed by atoms with Gasteiger partial charge in [0.05, 0.1) is 0 Å². The summed E-state index contributed by atoms with van der Waals surface area (Å²) in [4.78, 5) is 23.7. The number of hydrogen-bond acceptors (Lipinski definition) is 7. The van der Waals surface area contributed by atoms with Crippen LogP contribution in [0.4, 0.5) is 17.3 Å². The van der Waals surface area contributed by atoms with Gasteiger partial charge >= 0.3 is 0 Å². The molecule has 2 fully saturated rings. The minimum atomic E-state index is 0.0925. The first-order chi connectivity index (χ1) is 14.5. The monoisotopic (exact) mass is 409 g/mol. The number of benzene rings is 1. The molecule has 30 heavy (non-hydrogen) atoms. The van der Waals surface area contributed by atoms with Crippen LogP contribution in [0.1, 0.15) is 10.4 Å². The summed E-state index contributed by atoms with van der Waals surface area (Å²) < 4.78 is 0. The predicted molar refractivity (Wildman–Crippen MR) is 121 cm³/mol. The van der Waals surface area contributed by atoms with Crippen LogP contribution in [-0.2, 0) is 0 Å². The quantitative estimate of drug-likeness (QED) is 0.753. The van der Waals surface area contributed by atoms with E-state index in [1.54, 1.807) is 0 Å². The van der Waals surface area contributed by atoms with E-state index < -0.39 is 0 Å². The Morgan fingerprint density at radius 2 is 1.40 bits per heavy atom. The first-order valence-corrected chi connectivity index (χ1v) is 10.6. The van der Waals surface area contributed by atoms with Gasteiger partial charge in [-0.3, -0.25) is 4.79 Å². The van der Waals surface area contributed by atoms with Crippen molar-refractivity contribution in [1.82, 2.24) is 20.0 Å². The number of carbonyl (C=O) groups is 1. The molecule has 8 heteroatoms. The van der Waals surface area contributed by atoms with E-state index in [1.165, 1.54) is 0 Å². The molecule has 160 valence electrons. The number of hydrogen-bond donors (Lipinski definition) is 0. The lowest BCUT2D eigenvalue weighted by molar-refractivity contribution is 0.0746. The molecule has 3 heterocycles. The van der Waals surface area contributed by atoms with E-state index in [0.717, 1.165) is 62.2 Å². The number of anilines is 3. The molecule has 4 rings (SSSR count). The molecule has 1 aromatic heterocycles. The zero-order valence-electron chi connectivity index (χ0n) is 18.2. The van der Waals surface area contributed by atoms with Crippen molar-refractivity contribution in [2.45, 2.75) is 0 Å². The van der Waals surface area contributed by atoms with E-state index in [9.17, 15) is 4.79 Å². The molecule has 2 saturated heterocycles. The smallest absolute Gasteiger partial charge is 0.254 e. The lowest BCUT2D eigenvalue weighted by atomic mass is 10.1. The summed E-state index contributed by atoms with van der Waals surface area (Å²) in [7, 11) is 6.12. The second kappa shape index (κ2) is 8.87. The molecule has 2 aliphatic rings. The molecule has 8 nitrogen and oxygen atoms in total. The Labute approximate surface area is 178 Å². The van der Waals surface area contributed by atoms with Gasteiger partial charge < -0.3 is 24.5 Å². The summed E-state index contributed by atoms with van der Waals surface area (Å²) in [5.74, 6) is 1.92. The number of aromatic nitrogens is 2. The van der Waals surface area contributed by atoms with Crippen molar-refractivity contribution in [2.75, 3.05) is 88.2 Å². The first kappa shape index (κ1) is 20.4. The Kier molecular flexibility index (Phi) is 6.03. The summed E-state index contributed by atoms with van der Waals surface area (Å²) >= 11 is 0. The fourth-order valence-corrected chi connectivity index (χ4v) is 3.93. The Balaban J connectivity index is 1.34. The molecule has 0 spiro atoms. The average molecular weight is 410 g/mol. The summed E-state index contributed by atoms with van der Waals surface area (Å²) in [5, 5.41) is 8.93. The summed E-state index contributed by atoms with van der Waals surface area (Å²) in [5.41, 5.74) is 1.78. The summed E-state index contributed by atoms with van der Waals surface area (Å²) in [6, 6.07) is 11.9. The van der Waals surface area contributed by atoms with E-state index in [2.05, 4.69) is 44.1 Å². The molecule has 2 aromatic rings. The molecule has 0 radical (unpaired) electrons. The zero-order valence-corrected chi connectivity index (χ0v) is 18.2. The normalized spacial score (nSPS) is 17.9. The molecule has 1 amide bonds. The van der Waals surface area contributed by atoms with Gasteiger partial charge in [0, 0.05) is 77.7 Å². The lowest BCUT2D eigenvalue weighted by Crippen LogP contribution is -2.49. The van der Waals surface area contributed by atoms with Crippen LogP contribution in [0.2, 0.25) is 0 Å². The Morgan fingerprint density at radius 1 is 0.833 bits per heavy atom. The fourth-order valence-electron chi connectivity index (χ4n) is 3.93. The molecule has 2 aliphatic heterocycles. The van der Waals surface area contributed by atoms with Crippen LogP contribution in [0.15, 0.2) is 36.4 Å². The van der Waals surface area contributed by atoms with Gasteiger partial charge in [0.1, 0.15) is 0 Å². The minimum Gasteiger partial charge on any atom is -0.378 e. The van der Waals surface area contributed by atoms with E-state index >= 15 is 0 Å². The van der Waals surface area contributed by atoms with Crippen LogP contribution in [0, 0.1) is 0 Å². The van der Waals surface area contributed by atoms with Gasteiger partial charge in [0.25, 0.3) is 5.91 Å². The Bertz CT molecular complexity index is 854. The van der Waals surface area contributed by atoms with E-state index in [4.69, 9.17) is 0 Å². The molecule has 0 saturated carbocycles. The van der Waals surface area contributed by atoms with Gasteiger partial charge in [0.2, 0.25) is 0 Å².